The average molecular weight is 160 g/mol. The molecule has 11 heavy (non-hydrogen) atoms. The molecule has 0 aromatic heterocycles. The molecule has 0 spiro atoms. The van der Waals surface area contributed by atoms with E-state index in [1.807, 2.05) is 6.92 Å². The van der Waals surface area contributed by atoms with Gasteiger partial charge in [0.15, 0.2) is 6.29 Å². The standard InChI is InChI=1S/C8H16O3/c1-6(7(2)9)5-8-10-3-4-11-8/h6-9H,3-5H2,1-2H3/t6-,7-/m0/s1. The van der Waals surface area contributed by atoms with Crippen LogP contribution in [-0.2, 0) is 9.47 Å². The van der Waals surface area contributed by atoms with Gasteiger partial charge in [-0.3, -0.25) is 0 Å². The predicted molar refractivity (Wildman–Crippen MR) is 41.2 cm³/mol. The van der Waals surface area contributed by atoms with Crippen LogP contribution in [0.4, 0.5) is 0 Å². The van der Waals surface area contributed by atoms with Crippen molar-refractivity contribution in [2.75, 3.05) is 13.2 Å². The van der Waals surface area contributed by atoms with Crippen LogP contribution in [-0.4, -0.2) is 30.7 Å². The highest BCUT2D eigenvalue weighted by molar-refractivity contribution is 4.63. The first-order valence-electron chi connectivity index (χ1n) is 4.11. The van der Waals surface area contributed by atoms with Crippen LogP contribution in [0.5, 0.6) is 0 Å². The fourth-order valence-corrected chi connectivity index (χ4v) is 1.04. The van der Waals surface area contributed by atoms with Crippen LogP contribution in [0, 0.1) is 5.92 Å². The zero-order valence-corrected chi connectivity index (χ0v) is 7.12. The monoisotopic (exact) mass is 160 g/mol. The second-order valence-electron chi connectivity index (χ2n) is 3.12. The van der Waals surface area contributed by atoms with Crippen LogP contribution in [0.3, 0.4) is 0 Å². The molecule has 1 rings (SSSR count). The molecule has 1 aliphatic heterocycles. The Morgan fingerprint density at radius 1 is 1.36 bits per heavy atom. The quantitative estimate of drug-likeness (QED) is 0.662. The molecule has 2 atom stereocenters. The summed E-state index contributed by atoms with van der Waals surface area (Å²) in [4.78, 5) is 0. The summed E-state index contributed by atoms with van der Waals surface area (Å²) in [5.74, 6) is 0.248. The van der Waals surface area contributed by atoms with Crippen LogP contribution in [0.15, 0.2) is 0 Å². The van der Waals surface area contributed by atoms with Crippen molar-refractivity contribution in [1.82, 2.24) is 0 Å². The van der Waals surface area contributed by atoms with E-state index in [4.69, 9.17) is 9.47 Å². The van der Waals surface area contributed by atoms with Crippen LogP contribution < -0.4 is 0 Å². The molecular formula is C8H16O3. The van der Waals surface area contributed by atoms with Gasteiger partial charge < -0.3 is 14.6 Å². The summed E-state index contributed by atoms with van der Waals surface area (Å²) < 4.78 is 10.5. The van der Waals surface area contributed by atoms with Crippen molar-refractivity contribution in [3.05, 3.63) is 0 Å². The number of hydrogen-bond donors (Lipinski definition) is 1. The molecule has 1 heterocycles. The SMILES string of the molecule is C[C@H](O)[C@@H](C)CC1OCCO1. The maximum absolute atomic E-state index is 9.17. The molecule has 0 amide bonds. The summed E-state index contributed by atoms with van der Waals surface area (Å²) in [5.41, 5.74) is 0. The topological polar surface area (TPSA) is 38.7 Å². The van der Waals surface area contributed by atoms with Gasteiger partial charge in [-0.15, -0.1) is 0 Å². The van der Waals surface area contributed by atoms with Crippen molar-refractivity contribution in [2.45, 2.75) is 32.7 Å². The van der Waals surface area contributed by atoms with Gasteiger partial charge in [-0.25, -0.2) is 0 Å². The lowest BCUT2D eigenvalue weighted by Gasteiger charge is -2.17. The van der Waals surface area contributed by atoms with E-state index in [1.165, 1.54) is 0 Å². The Morgan fingerprint density at radius 2 is 1.91 bits per heavy atom. The lowest BCUT2D eigenvalue weighted by Crippen LogP contribution is -2.20. The Labute approximate surface area is 67.3 Å². The summed E-state index contributed by atoms with van der Waals surface area (Å²) in [7, 11) is 0. The summed E-state index contributed by atoms with van der Waals surface area (Å²) in [6.07, 6.45) is 0.430. The summed E-state index contributed by atoms with van der Waals surface area (Å²) in [6, 6.07) is 0. The number of aliphatic hydroxyl groups is 1. The van der Waals surface area contributed by atoms with Gasteiger partial charge in [0.2, 0.25) is 0 Å². The second kappa shape index (κ2) is 4.04. The number of rotatable bonds is 3. The maximum atomic E-state index is 9.17. The molecule has 1 saturated heterocycles. The van der Waals surface area contributed by atoms with Gasteiger partial charge in [0, 0.05) is 6.42 Å². The van der Waals surface area contributed by atoms with Crippen LogP contribution >= 0.6 is 0 Å². The Balaban J connectivity index is 2.18. The fraction of sp³-hybridized carbons (Fsp3) is 1.00. The van der Waals surface area contributed by atoms with Crippen molar-refractivity contribution in [1.29, 1.82) is 0 Å². The molecular weight excluding hydrogens is 144 g/mol. The largest absolute Gasteiger partial charge is 0.393 e. The molecule has 1 aliphatic rings. The molecule has 0 aliphatic carbocycles. The van der Waals surface area contributed by atoms with E-state index in [0.29, 0.717) is 13.2 Å². The summed E-state index contributed by atoms with van der Waals surface area (Å²) >= 11 is 0. The average Bonchev–Trinajstić information content (AvgIpc) is 2.39. The van der Waals surface area contributed by atoms with E-state index in [2.05, 4.69) is 0 Å². The number of aliphatic hydroxyl groups excluding tert-OH is 1. The van der Waals surface area contributed by atoms with E-state index in [-0.39, 0.29) is 18.3 Å². The van der Waals surface area contributed by atoms with E-state index < -0.39 is 0 Å². The fourth-order valence-electron chi connectivity index (χ4n) is 1.04. The molecule has 1 fully saturated rings. The van der Waals surface area contributed by atoms with E-state index in [0.717, 1.165) is 6.42 Å². The molecule has 66 valence electrons. The lowest BCUT2D eigenvalue weighted by molar-refractivity contribution is -0.0656. The first-order chi connectivity index (χ1) is 5.20. The van der Waals surface area contributed by atoms with E-state index >= 15 is 0 Å². The molecule has 0 aromatic rings. The van der Waals surface area contributed by atoms with Crippen molar-refractivity contribution < 1.29 is 14.6 Å². The molecule has 0 radical (unpaired) electrons. The minimum Gasteiger partial charge on any atom is -0.393 e. The van der Waals surface area contributed by atoms with Crippen molar-refractivity contribution in [3.8, 4) is 0 Å². The summed E-state index contributed by atoms with van der Waals surface area (Å²) in [5, 5.41) is 9.17. The molecule has 0 aromatic carbocycles. The van der Waals surface area contributed by atoms with Crippen LogP contribution in [0.2, 0.25) is 0 Å². The summed E-state index contributed by atoms with van der Waals surface area (Å²) in [6.45, 7) is 5.17. The maximum Gasteiger partial charge on any atom is 0.158 e. The highest BCUT2D eigenvalue weighted by atomic mass is 16.7. The Morgan fingerprint density at radius 3 is 2.36 bits per heavy atom. The first-order valence-corrected chi connectivity index (χ1v) is 4.11. The molecule has 3 heteroatoms. The second-order valence-corrected chi connectivity index (χ2v) is 3.12. The third kappa shape index (κ3) is 2.77. The zero-order chi connectivity index (χ0) is 8.27. The van der Waals surface area contributed by atoms with Gasteiger partial charge >= 0.3 is 0 Å². The Bertz CT molecular complexity index is 108. The number of hydrogen-bond acceptors (Lipinski definition) is 3. The van der Waals surface area contributed by atoms with Gasteiger partial charge in [-0.05, 0) is 12.8 Å². The normalized spacial score (nSPS) is 25.4. The van der Waals surface area contributed by atoms with E-state index in [1.54, 1.807) is 6.92 Å². The predicted octanol–water partition coefficient (Wildman–Crippen LogP) is 0.766. The lowest BCUT2D eigenvalue weighted by atomic mass is 10.0. The van der Waals surface area contributed by atoms with Crippen LogP contribution in [0.25, 0.3) is 0 Å². The van der Waals surface area contributed by atoms with Crippen molar-refractivity contribution >= 4 is 0 Å². The smallest absolute Gasteiger partial charge is 0.158 e. The third-order valence-electron chi connectivity index (χ3n) is 2.08. The molecule has 1 N–H and O–H groups in total. The Kier molecular flexibility index (Phi) is 3.30. The van der Waals surface area contributed by atoms with E-state index in [9.17, 15) is 5.11 Å². The highest BCUT2D eigenvalue weighted by Crippen LogP contribution is 2.16. The Hall–Kier alpha value is -0.120. The van der Waals surface area contributed by atoms with Gasteiger partial charge in [0.05, 0.1) is 19.3 Å². The van der Waals surface area contributed by atoms with Crippen molar-refractivity contribution in [2.24, 2.45) is 5.92 Å². The van der Waals surface area contributed by atoms with Crippen LogP contribution in [0.1, 0.15) is 20.3 Å². The van der Waals surface area contributed by atoms with Gasteiger partial charge in [0.1, 0.15) is 0 Å². The molecule has 0 saturated carbocycles. The molecule has 3 nitrogen and oxygen atoms in total. The highest BCUT2D eigenvalue weighted by Gasteiger charge is 2.20. The minimum atomic E-state index is -0.275. The number of ether oxygens (including phenoxy) is 2. The first kappa shape index (κ1) is 8.97. The third-order valence-corrected chi connectivity index (χ3v) is 2.08. The minimum absolute atomic E-state index is 0.0837. The van der Waals surface area contributed by atoms with Gasteiger partial charge in [-0.1, -0.05) is 6.92 Å². The van der Waals surface area contributed by atoms with Gasteiger partial charge in [-0.2, -0.15) is 0 Å². The zero-order valence-electron chi connectivity index (χ0n) is 7.12. The molecule has 0 unspecified atom stereocenters. The van der Waals surface area contributed by atoms with Crippen molar-refractivity contribution in [3.63, 3.8) is 0 Å². The van der Waals surface area contributed by atoms with Gasteiger partial charge in [0.25, 0.3) is 0 Å². The molecule has 0 bridgehead atoms.